The summed E-state index contributed by atoms with van der Waals surface area (Å²) in [6.07, 6.45) is 4.41. The highest BCUT2D eigenvalue weighted by Gasteiger charge is 2.26. The molecule has 0 saturated heterocycles. The molecule has 0 saturated carbocycles. The minimum Gasteiger partial charge on any atom is -0.349 e. The first-order valence-corrected chi connectivity index (χ1v) is 9.10. The molecular formula is C21H19FN4O2. The van der Waals surface area contributed by atoms with Gasteiger partial charge in [0.15, 0.2) is 0 Å². The lowest BCUT2D eigenvalue weighted by Gasteiger charge is -2.14. The quantitative estimate of drug-likeness (QED) is 0.731. The Balaban J connectivity index is 1.52. The zero-order valence-corrected chi connectivity index (χ0v) is 15.3. The zero-order valence-electron chi connectivity index (χ0n) is 15.3. The second kappa shape index (κ2) is 7.34. The number of amides is 1. The summed E-state index contributed by atoms with van der Waals surface area (Å²) in [5, 5.41) is 2.92. The second-order valence-corrected chi connectivity index (χ2v) is 6.86. The molecule has 1 aromatic carbocycles. The summed E-state index contributed by atoms with van der Waals surface area (Å²) in [5.41, 5.74) is 2.63. The number of fused-ring (bicyclic) bond motifs is 1. The van der Waals surface area contributed by atoms with E-state index in [9.17, 15) is 14.0 Å². The summed E-state index contributed by atoms with van der Waals surface area (Å²) in [6.45, 7) is 1.71. The van der Waals surface area contributed by atoms with Gasteiger partial charge in [-0.15, -0.1) is 0 Å². The van der Waals surface area contributed by atoms with Gasteiger partial charge in [0.05, 0.1) is 12.5 Å². The van der Waals surface area contributed by atoms with Gasteiger partial charge < -0.3 is 10.3 Å². The van der Waals surface area contributed by atoms with Gasteiger partial charge in [0.25, 0.3) is 5.56 Å². The average Bonchev–Trinajstić information content (AvgIpc) is 3.09. The van der Waals surface area contributed by atoms with E-state index in [2.05, 4.69) is 20.3 Å². The first-order chi connectivity index (χ1) is 13.5. The molecule has 2 N–H and O–H groups in total. The number of rotatable bonds is 4. The fourth-order valence-electron chi connectivity index (χ4n) is 3.62. The van der Waals surface area contributed by atoms with E-state index < -0.39 is 0 Å². The van der Waals surface area contributed by atoms with Crippen LogP contribution in [0.3, 0.4) is 0 Å². The number of aromatic nitrogens is 3. The standard InChI is InChI=1S/C21H19FN4O2/c1-12-16(21(28)26-20(24-12)13-4-3-9-23-11-13)10-19(27)25-18-8-7-14-15(18)5-2-6-17(14)22/h2-6,9,11,18H,7-8,10H2,1H3,(H,25,27)(H,24,26,28)/t18-/m1/s1. The van der Waals surface area contributed by atoms with Gasteiger partial charge in [-0.3, -0.25) is 14.6 Å². The van der Waals surface area contributed by atoms with Crippen molar-refractivity contribution in [1.82, 2.24) is 20.3 Å². The molecule has 0 spiro atoms. The summed E-state index contributed by atoms with van der Waals surface area (Å²) in [6, 6.07) is 8.23. The van der Waals surface area contributed by atoms with Crippen molar-refractivity contribution in [3.63, 3.8) is 0 Å². The third-order valence-corrected chi connectivity index (χ3v) is 5.04. The highest BCUT2D eigenvalue weighted by atomic mass is 19.1. The number of H-pyrrole nitrogens is 1. The number of nitrogens with zero attached hydrogens (tertiary/aromatic N) is 2. The van der Waals surface area contributed by atoms with Gasteiger partial charge in [-0.05, 0) is 49.1 Å². The molecule has 2 heterocycles. The van der Waals surface area contributed by atoms with Gasteiger partial charge in [-0.25, -0.2) is 9.37 Å². The molecule has 1 aliphatic carbocycles. The molecule has 6 nitrogen and oxygen atoms in total. The Morgan fingerprint density at radius 1 is 1.32 bits per heavy atom. The topological polar surface area (TPSA) is 87.7 Å². The van der Waals surface area contributed by atoms with Crippen LogP contribution in [0.2, 0.25) is 0 Å². The molecule has 28 heavy (non-hydrogen) atoms. The van der Waals surface area contributed by atoms with E-state index in [0.717, 1.165) is 5.56 Å². The highest BCUT2D eigenvalue weighted by Crippen LogP contribution is 2.32. The Morgan fingerprint density at radius 2 is 2.18 bits per heavy atom. The van der Waals surface area contributed by atoms with Gasteiger partial charge in [-0.2, -0.15) is 0 Å². The minimum absolute atomic E-state index is 0.0807. The molecule has 2 aromatic heterocycles. The zero-order chi connectivity index (χ0) is 19.7. The van der Waals surface area contributed by atoms with Crippen LogP contribution in [0.25, 0.3) is 11.4 Å². The van der Waals surface area contributed by atoms with Crippen molar-refractivity contribution in [2.24, 2.45) is 0 Å². The average molecular weight is 378 g/mol. The normalized spacial score (nSPS) is 15.3. The van der Waals surface area contributed by atoms with Crippen molar-refractivity contribution in [2.75, 3.05) is 0 Å². The van der Waals surface area contributed by atoms with Crippen LogP contribution in [0.15, 0.2) is 47.5 Å². The van der Waals surface area contributed by atoms with Crippen LogP contribution in [-0.2, 0) is 17.6 Å². The Morgan fingerprint density at radius 3 is 2.93 bits per heavy atom. The largest absolute Gasteiger partial charge is 0.349 e. The predicted octanol–water partition coefficient (Wildman–Crippen LogP) is 2.63. The molecule has 0 bridgehead atoms. The SMILES string of the molecule is Cc1nc(-c2cccnc2)[nH]c(=O)c1CC(=O)N[C@@H]1CCc2c(F)cccc21. The molecular weight excluding hydrogens is 359 g/mol. The number of aromatic amines is 1. The lowest BCUT2D eigenvalue weighted by atomic mass is 10.1. The van der Waals surface area contributed by atoms with Crippen LogP contribution in [0.4, 0.5) is 4.39 Å². The molecule has 4 rings (SSSR count). The summed E-state index contributed by atoms with van der Waals surface area (Å²) < 4.78 is 13.9. The smallest absolute Gasteiger partial charge is 0.255 e. The van der Waals surface area contributed by atoms with Crippen LogP contribution in [-0.4, -0.2) is 20.9 Å². The molecule has 142 valence electrons. The molecule has 1 atom stereocenters. The van der Waals surface area contributed by atoms with Crippen molar-refractivity contribution in [3.05, 3.63) is 81.3 Å². The van der Waals surface area contributed by atoms with Crippen LogP contribution < -0.4 is 10.9 Å². The van der Waals surface area contributed by atoms with E-state index >= 15 is 0 Å². The first kappa shape index (κ1) is 18.0. The Hall–Kier alpha value is -3.35. The number of carbonyl (C=O) groups excluding carboxylic acids is 1. The summed E-state index contributed by atoms with van der Waals surface area (Å²) in [4.78, 5) is 36.2. The third kappa shape index (κ3) is 3.43. The maximum Gasteiger partial charge on any atom is 0.255 e. The fraction of sp³-hybridized carbons (Fsp3) is 0.238. The number of pyridine rings is 1. The molecule has 1 amide bonds. The van der Waals surface area contributed by atoms with Crippen LogP contribution in [0, 0.1) is 12.7 Å². The van der Waals surface area contributed by atoms with E-state index in [1.807, 2.05) is 6.07 Å². The lowest BCUT2D eigenvalue weighted by Crippen LogP contribution is -2.31. The molecule has 0 fully saturated rings. The lowest BCUT2D eigenvalue weighted by molar-refractivity contribution is -0.121. The van der Waals surface area contributed by atoms with E-state index in [-0.39, 0.29) is 29.7 Å². The van der Waals surface area contributed by atoms with Crippen LogP contribution >= 0.6 is 0 Å². The number of halogens is 1. The fourth-order valence-corrected chi connectivity index (χ4v) is 3.62. The number of benzene rings is 1. The van der Waals surface area contributed by atoms with Gasteiger partial charge in [0.1, 0.15) is 11.6 Å². The number of carbonyl (C=O) groups is 1. The second-order valence-electron chi connectivity index (χ2n) is 6.86. The Bertz CT molecular complexity index is 1100. The summed E-state index contributed by atoms with van der Waals surface area (Å²) in [5.74, 6) is -0.108. The Labute approximate surface area is 160 Å². The first-order valence-electron chi connectivity index (χ1n) is 9.10. The van der Waals surface area contributed by atoms with E-state index in [4.69, 9.17) is 0 Å². The van der Waals surface area contributed by atoms with Crippen LogP contribution in [0.1, 0.15) is 34.8 Å². The number of hydrogen-bond acceptors (Lipinski definition) is 4. The van der Waals surface area contributed by atoms with Crippen LogP contribution in [0.5, 0.6) is 0 Å². The van der Waals surface area contributed by atoms with Crippen molar-refractivity contribution in [3.8, 4) is 11.4 Å². The molecule has 0 aliphatic heterocycles. The van der Waals surface area contributed by atoms with E-state index in [1.54, 1.807) is 37.5 Å². The van der Waals surface area contributed by atoms with Gasteiger partial charge in [-0.1, -0.05) is 12.1 Å². The highest BCUT2D eigenvalue weighted by molar-refractivity contribution is 5.79. The third-order valence-electron chi connectivity index (χ3n) is 5.04. The van der Waals surface area contributed by atoms with Crippen molar-refractivity contribution >= 4 is 5.91 Å². The maximum atomic E-state index is 13.9. The molecule has 3 aromatic rings. The summed E-state index contributed by atoms with van der Waals surface area (Å²) in [7, 11) is 0. The molecule has 0 radical (unpaired) electrons. The molecule has 0 unspecified atom stereocenters. The van der Waals surface area contributed by atoms with Crippen molar-refractivity contribution in [2.45, 2.75) is 32.2 Å². The number of nitrogens with one attached hydrogen (secondary N) is 2. The monoisotopic (exact) mass is 378 g/mol. The maximum absolute atomic E-state index is 13.9. The molecule has 7 heteroatoms. The van der Waals surface area contributed by atoms with E-state index in [1.165, 1.54) is 6.07 Å². The van der Waals surface area contributed by atoms with Crippen molar-refractivity contribution in [1.29, 1.82) is 0 Å². The van der Waals surface area contributed by atoms with Gasteiger partial charge in [0.2, 0.25) is 5.91 Å². The molecule has 1 aliphatic rings. The van der Waals surface area contributed by atoms with Gasteiger partial charge in [0, 0.05) is 29.2 Å². The number of aryl methyl sites for hydroxylation is 1. The summed E-state index contributed by atoms with van der Waals surface area (Å²) >= 11 is 0. The minimum atomic E-state index is -0.348. The Kier molecular flexibility index (Phi) is 4.73. The van der Waals surface area contributed by atoms with Gasteiger partial charge >= 0.3 is 0 Å². The number of hydrogen-bond donors (Lipinski definition) is 2. The predicted molar refractivity (Wildman–Crippen MR) is 102 cm³/mol. The van der Waals surface area contributed by atoms with Crippen molar-refractivity contribution < 1.29 is 9.18 Å². The van der Waals surface area contributed by atoms with E-state index in [0.29, 0.717) is 41.1 Å².